The number of ketones is 1. The topological polar surface area (TPSA) is 38.3 Å². The summed E-state index contributed by atoms with van der Waals surface area (Å²) in [6.07, 6.45) is 1.36. The van der Waals surface area contributed by atoms with Gasteiger partial charge >= 0.3 is 0 Å². The number of ether oxygens (including phenoxy) is 1. The van der Waals surface area contributed by atoms with Gasteiger partial charge in [0, 0.05) is 20.1 Å². The zero-order chi connectivity index (χ0) is 8.69. The monoisotopic (exact) mass is 159 g/mol. The SMILES string of the molecule is CCC(=O)C(CCOC)NC. The van der Waals surface area contributed by atoms with Gasteiger partial charge in [0.2, 0.25) is 0 Å². The van der Waals surface area contributed by atoms with Crippen LogP contribution >= 0.6 is 0 Å². The maximum atomic E-state index is 11.1. The molecule has 0 heterocycles. The Morgan fingerprint density at radius 2 is 2.27 bits per heavy atom. The maximum Gasteiger partial charge on any atom is 0.149 e. The van der Waals surface area contributed by atoms with Gasteiger partial charge in [0.25, 0.3) is 0 Å². The number of hydrogen-bond acceptors (Lipinski definition) is 3. The second-order valence-corrected chi connectivity index (χ2v) is 2.44. The van der Waals surface area contributed by atoms with Crippen molar-refractivity contribution < 1.29 is 9.53 Å². The summed E-state index contributed by atoms with van der Waals surface area (Å²) >= 11 is 0. The van der Waals surface area contributed by atoms with Crippen LogP contribution in [0.25, 0.3) is 0 Å². The third kappa shape index (κ3) is 4.11. The van der Waals surface area contributed by atoms with Crippen LogP contribution in [0, 0.1) is 0 Å². The summed E-state index contributed by atoms with van der Waals surface area (Å²) in [7, 11) is 3.44. The lowest BCUT2D eigenvalue weighted by molar-refractivity contribution is -0.121. The number of carbonyl (C=O) groups excluding carboxylic acids is 1. The van der Waals surface area contributed by atoms with Gasteiger partial charge in [-0.15, -0.1) is 0 Å². The Morgan fingerprint density at radius 3 is 2.64 bits per heavy atom. The minimum absolute atomic E-state index is 0.0278. The Bertz CT molecular complexity index is 115. The molecule has 0 aromatic heterocycles. The molecule has 0 aliphatic carbocycles. The average molecular weight is 159 g/mol. The highest BCUT2D eigenvalue weighted by molar-refractivity contribution is 5.83. The smallest absolute Gasteiger partial charge is 0.149 e. The summed E-state index contributed by atoms with van der Waals surface area (Å²) in [4.78, 5) is 11.1. The maximum absolute atomic E-state index is 11.1. The molecule has 0 aliphatic heterocycles. The Hall–Kier alpha value is -0.410. The first-order valence-electron chi connectivity index (χ1n) is 3.95. The van der Waals surface area contributed by atoms with Crippen molar-refractivity contribution in [3.8, 4) is 0 Å². The molecule has 0 bridgehead atoms. The zero-order valence-corrected chi connectivity index (χ0v) is 7.52. The molecule has 3 heteroatoms. The van der Waals surface area contributed by atoms with Crippen LogP contribution < -0.4 is 5.32 Å². The number of likely N-dealkylation sites (N-methyl/N-ethyl adjacent to an activating group) is 1. The Kier molecular flexibility index (Phi) is 6.07. The predicted molar refractivity (Wildman–Crippen MR) is 44.6 cm³/mol. The van der Waals surface area contributed by atoms with E-state index in [0.717, 1.165) is 6.42 Å². The Morgan fingerprint density at radius 1 is 1.64 bits per heavy atom. The summed E-state index contributed by atoms with van der Waals surface area (Å²) in [5, 5.41) is 2.96. The van der Waals surface area contributed by atoms with E-state index in [9.17, 15) is 4.79 Å². The number of nitrogens with one attached hydrogen (secondary N) is 1. The van der Waals surface area contributed by atoms with E-state index in [4.69, 9.17) is 4.74 Å². The van der Waals surface area contributed by atoms with Crippen LogP contribution in [-0.2, 0) is 9.53 Å². The standard InChI is InChI=1S/C8H17NO2/c1-4-8(10)7(9-2)5-6-11-3/h7,9H,4-6H2,1-3H3. The summed E-state index contributed by atoms with van der Waals surface area (Å²) < 4.78 is 4.88. The second-order valence-electron chi connectivity index (χ2n) is 2.44. The average Bonchev–Trinajstić information content (AvgIpc) is 2.05. The van der Waals surface area contributed by atoms with Crippen LogP contribution in [0.4, 0.5) is 0 Å². The van der Waals surface area contributed by atoms with E-state index in [1.807, 2.05) is 6.92 Å². The van der Waals surface area contributed by atoms with Crippen LogP contribution in [0.5, 0.6) is 0 Å². The fourth-order valence-corrected chi connectivity index (χ4v) is 0.948. The first kappa shape index (κ1) is 10.6. The van der Waals surface area contributed by atoms with Crippen LogP contribution in [-0.4, -0.2) is 32.6 Å². The quantitative estimate of drug-likeness (QED) is 0.616. The van der Waals surface area contributed by atoms with Gasteiger partial charge in [0.05, 0.1) is 6.04 Å². The first-order chi connectivity index (χ1) is 5.26. The molecule has 66 valence electrons. The molecular weight excluding hydrogens is 142 g/mol. The van der Waals surface area contributed by atoms with Crippen LogP contribution in [0.15, 0.2) is 0 Å². The molecule has 0 fully saturated rings. The van der Waals surface area contributed by atoms with E-state index in [0.29, 0.717) is 13.0 Å². The molecule has 0 spiro atoms. The van der Waals surface area contributed by atoms with Crippen molar-refractivity contribution in [1.29, 1.82) is 0 Å². The van der Waals surface area contributed by atoms with Crippen LogP contribution in [0.1, 0.15) is 19.8 Å². The predicted octanol–water partition coefficient (Wildman–Crippen LogP) is 0.590. The normalized spacial score (nSPS) is 13.0. The molecule has 0 radical (unpaired) electrons. The van der Waals surface area contributed by atoms with Gasteiger partial charge in [-0.3, -0.25) is 4.79 Å². The fraction of sp³-hybridized carbons (Fsp3) is 0.875. The molecular formula is C8H17NO2. The molecule has 0 saturated heterocycles. The van der Waals surface area contributed by atoms with Crippen molar-refractivity contribution in [1.82, 2.24) is 5.32 Å². The number of methoxy groups -OCH3 is 1. The number of carbonyl (C=O) groups is 1. The van der Waals surface area contributed by atoms with Gasteiger partial charge in [-0.05, 0) is 13.5 Å². The highest BCUT2D eigenvalue weighted by Crippen LogP contribution is 1.96. The first-order valence-corrected chi connectivity index (χ1v) is 3.95. The molecule has 0 saturated carbocycles. The van der Waals surface area contributed by atoms with Gasteiger partial charge in [0.15, 0.2) is 0 Å². The van der Waals surface area contributed by atoms with E-state index in [2.05, 4.69) is 5.32 Å². The molecule has 3 nitrogen and oxygen atoms in total. The van der Waals surface area contributed by atoms with Gasteiger partial charge in [0.1, 0.15) is 5.78 Å². The van der Waals surface area contributed by atoms with E-state index >= 15 is 0 Å². The van der Waals surface area contributed by atoms with Crippen LogP contribution in [0.2, 0.25) is 0 Å². The zero-order valence-electron chi connectivity index (χ0n) is 7.52. The van der Waals surface area contributed by atoms with Gasteiger partial charge < -0.3 is 10.1 Å². The van der Waals surface area contributed by atoms with E-state index in [1.54, 1.807) is 14.2 Å². The summed E-state index contributed by atoms with van der Waals surface area (Å²) in [6, 6.07) is -0.0278. The fourth-order valence-electron chi connectivity index (χ4n) is 0.948. The van der Waals surface area contributed by atoms with Crippen molar-refractivity contribution >= 4 is 5.78 Å². The van der Waals surface area contributed by atoms with Crippen molar-refractivity contribution in [2.75, 3.05) is 20.8 Å². The van der Waals surface area contributed by atoms with E-state index in [1.165, 1.54) is 0 Å². The van der Waals surface area contributed by atoms with Crippen molar-refractivity contribution in [3.63, 3.8) is 0 Å². The lowest BCUT2D eigenvalue weighted by Gasteiger charge is -2.12. The number of rotatable bonds is 6. The number of hydrogen-bond donors (Lipinski definition) is 1. The summed E-state index contributed by atoms with van der Waals surface area (Å²) in [6.45, 7) is 2.51. The molecule has 1 unspecified atom stereocenters. The van der Waals surface area contributed by atoms with E-state index < -0.39 is 0 Å². The Balaban J connectivity index is 3.65. The molecule has 0 rings (SSSR count). The van der Waals surface area contributed by atoms with Gasteiger partial charge in [-0.2, -0.15) is 0 Å². The minimum Gasteiger partial charge on any atom is -0.385 e. The minimum atomic E-state index is -0.0278. The van der Waals surface area contributed by atoms with Crippen molar-refractivity contribution in [2.45, 2.75) is 25.8 Å². The summed E-state index contributed by atoms with van der Waals surface area (Å²) in [5.74, 6) is 0.254. The highest BCUT2D eigenvalue weighted by Gasteiger charge is 2.12. The molecule has 1 N–H and O–H groups in total. The van der Waals surface area contributed by atoms with Crippen LogP contribution in [0.3, 0.4) is 0 Å². The van der Waals surface area contributed by atoms with E-state index in [-0.39, 0.29) is 11.8 Å². The second kappa shape index (κ2) is 6.31. The lowest BCUT2D eigenvalue weighted by Crippen LogP contribution is -2.34. The van der Waals surface area contributed by atoms with Gasteiger partial charge in [-0.1, -0.05) is 6.92 Å². The molecule has 11 heavy (non-hydrogen) atoms. The molecule has 0 aromatic carbocycles. The highest BCUT2D eigenvalue weighted by atomic mass is 16.5. The summed E-state index contributed by atoms with van der Waals surface area (Å²) in [5.41, 5.74) is 0. The molecule has 1 atom stereocenters. The third-order valence-corrected chi connectivity index (χ3v) is 1.70. The molecule has 0 aromatic rings. The van der Waals surface area contributed by atoms with Crippen molar-refractivity contribution in [2.24, 2.45) is 0 Å². The largest absolute Gasteiger partial charge is 0.385 e. The molecule has 0 amide bonds. The third-order valence-electron chi connectivity index (χ3n) is 1.70. The lowest BCUT2D eigenvalue weighted by atomic mass is 10.1. The molecule has 0 aliphatic rings. The number of Topliss-reactive ketones (excluding diaryl/α,β-unsaturated/α-hetero) is 1. The Labute approximate surface area is 68.1 Å². The van der Waals surface area contributed by atoms with Gasteiger partial charge in [-0.25, -0.2) is 0 Å². The van der Waals surface area contributed by atoms with Crippen molar-refractivity contribution in [3.05, 3.63) is 0 Å².